The lowest BCUT2D eigenvalue weighted by Crippen LogP contribution is -2.05. The summed E-state index contributed by atoms with van der Waals surface area (Å²) in [5.74, 6) is 0.141. The van der Waals surface area contributed by atoms with Crippen LogP contribution in [-0.2, 0) is 4.79 Å². The van der Waals surface area contributed by atoms with Crippen molar-refractivity contribution in [3.8, 4) is 0 Å². The van der Waals surface area contributed by atoms with Gasteiger partial charge in [0, 0.05) is 12.8 Å². The van der Waals surface area contributed by atoms with Crippen LogP contribution in [0.1, 0.15) is 31.2 Å². The number of benzene rings is 1. The fourth-order valence-electron chi connectivity index (χ4n) is 1.79. The van der Waals surface area contributed by atoms with Crippen LogP contribution in [0.15, 0.2) is 29.8 Å². The first-order valence-electron chi connectivity index (χ1n) is 5.21. The lowest BCUT2D eigenvalue weighted by Gasteiger charge is -2.12. The van der Waals surface area contributed by atoms with Gasteiger partial charge in [0.2, 0.25) is 0 Å². The summed E-state index contributed by atoms with van der Waals surface area (Å²) in [5, 5.41) is 0. The predicted molar refractivity (Wildman–Crippen MR) is 57.9 cm³/mol. The van der Waals surface area contributed by atoms with Gasteiger partial charge < -0.3 is 0 Å². The maximum Gasteiger partial charge on any atom is 0.133 e. The van der Waals surface area contributed by atoms with Crippen molar-refractivity contribution in [2.24, 2.45) is 0 Å². The van der Waals surface area contributed by atoms with Gasteiger partial charge in [-0.3, -0.25) is 4.79 Å². The molecule has 2 rings (SSSR count). The van der Waals surface area contributed by atoms with Crippen LogP contribution >= 0.6 is 0 Å². The van der Waals surface area contributed by atoms with E-state index in [1.165, 1.54) is 17.7 Å². The standard InChI is InChI=1S/C13H13FO/c14-12-5-1-10(2-6-12)9-11-3-7-13(15)8-4-11/h1-2,5-6,9H,3-4,7-8H2. The Kier molecular flexibility index (Phi) is 2.95. The monoisotopic (exact) mass is 204 g/mol. The molecular formula is C13H13FO. The van der Waals surface area contributed by atoms with Gasteiger partial charge in [-0.25, -0.2) is 4.39 Å². The van der Waals surface area contributed by atoms with Crippen molar-refractivity contribution in [1.82, 2.24) is 0 Å². The van der Waals surface area contributed by atoms with Crippen LogP contribution in [0, 0.1) is 5.82 Å². The van der Waals surface area contributed by atoms with Crippen LogP contribution in [0.2, 0.25) is 0 Å². The minimum atomic E-state index is -0.212. The summed E-state index contributed by atoms with van der Waals surface area (Å²) < 4.78 is 12.7. The molecule has 1 aliphatic carbocycles. The van der Waals surface area contributed by atoms with Gasteiger partial charge in [-0.1, -0.05) is 23.8 Å². The Morgan fingerprint density at radius 1 is 1.00 bits per heavy atom. The van der Waals surface area contributed by atoms with E-state index in [4.69, 9.17) is 0 Å². The number of allylic oxidation sites excluding steroid dienone is 1. The molecule has 1 aromatic carbocycles. The van der Waals surface area contributed by atoms with E-state index in [2.05, 4.69) is 6.08 Å². The van der Waals surface area contributed by atoms with Crippen LogP contribution in [0.25, 0.3) is 6.08 Å². The average Bonchev–Trinajstić information content (AvgIpc) is 2.25. The summed E-state index contributed by atoms with van der Waals surface area (Å²) in [6, 6.07) is 6.44. The van der Waals surface area contributed by atoms with Crippen molar-refractivity contribution in [3.63, 3.8) is 0 Å². The first-order valence-corrected chi connectivity index (χ1v) is 5.21. The molecule has 0 unspecified atom stereocenters. The average molecular weight is 204 g/mol. The third-order valence-corrected chi connectivity index (χ3v) is 2.69. The van der Waals surface area contributed by atoms with E-state index in [1.807, 2.05) is 0 Å². The van der Waals surface area contributed by atoms with Gasteiger partial charge in [0.05, 0.1) is 0 Å². The van der Waals surface area contributed by atoms with E-state index in [0.29, 0.717) is 18.6 Å². The molecule has 0 radical (unpaired) electrons. The molecule has 0 heterocycles. The Morgan fingerprint density at radius 3 is 2.20 bits per heavy atom. The van der Waals surface area contributed by atoms with Gasteiger partial charge in [0.15, 0.2) is 0 Å². The van der Waals surface area contributed by atoms with Crippen LogP contribution in [0.4, 0.5) is 4.39 Å². The number of carbonyl (C=O) groups is 1. The van der Waals surface area contributed by atoms with Crippen LogP contribution < -0.4 is 0 Å². The second kappa shape index (κ2) is 4.39. The van der Waals surface area contributed by atoms with Gasteiger partial charge in [0.1, 0.15) is 11.6 Å². The maximum absolute atomic E-state index is 12.7. The number of carbonyl (C=O) groups excluding carboxylic acids is 1. The second-order valence-electron chi connectivity index (χ2n) is 3.89. The fraction of sp³-hybridized carbons (Fsp3) is 0.308. The van der Waals surface area contributed by atoms with Gasteiger partial charge in [-0.05, 0) is 30.5 Å². The molecule has 0 saturated heterocycles. The van der Waals surface area contributed by atoms with Crippen LogP contribution in [0.3, 0.4) is 0 Å². The van der Waals surface area contributed by atoms with Crippen molar-refractivity contribution < 1.29 is 9.18 Å². The Morgan fingerprint density at radius 2 is 1.60 bits per heavy atom. The van der Waals surface area contributed by atoms with E-state index < -0.39 is 0 Å². The van der Waals surface area contributed by atoms with E-state index >= 15 is 0 Å². The molecule has 1 aromatic rings. The normalized spacial score (nSPS) is 16.6. The Balaban J connectivity index is 2.09. The zero-order chi connectivity index (χ0) is 10.7. The highest BCUT2D eigenvalue weighted by atomic mass is 19.1. The van der Waals surface area contributed by atoms with Gasteiger partial charge in [-0.2, -0.15) is 0 Å². The molecule has 15 heavy (non-hydrogen) atoms. The van der Waals surface area contributed by atoms with Gasteiger partial charge in [0.25, 0.3) is 0 Å². The molecule has 1 nitrogen and oxygen atoms in total. The molecule has 0 spiro atoms. The third kappa shape index (κ3) is 2.75. The summed E-state index contributed by atoms with van der Waals surface area (Å²) in [5.41, 5.74) is 2.31. The minimum absolute atomic E-state index is 0.212. The van der Waals surface area contributed by atoms with Crippen LogP contribution in [0.5, 0.6) is 0 Å². The molecule has 0 bridgehead atoms. The summed E-state index contributed by atoms with van der Waals surface area (Å²) in [4.78, 5) is 11.0. The fourth-order valence-corrected chi connectivity index (χ4v) is 1.79. The number of ketones is 1. The number of Topliss-reactive ketones (excluding diaryl/α,β-unsaturated/α-hetero) is 1. The highest BCUT2D eigenvalue weighted by Gasteiger charge is 2.11. The third-order valence-electron chi connectivity index (χ3n) is 2.69. The molecule has 1 fully saturated rings. The molecule has 0 atom stereocenters. The number of hydrogen-bond donors (Lipinski definition) is 0. The molecule has 78 valence electrons. The van der Waals surface area contributed by atoms with Crippen molar-refractivity contribution in [1.29, 1.82) is 0 Å². The molecule has 0 aliphatic heterocycles. The Hall–Kier alpha value is -1.44. The lowest BCUT2D eigenvalue weighted by molar-refractivity contribution is -0.119. The molecule has 0 aromatic heterocycles. The Labute approximate surface area is 88.6 Å². The van der Waals surface area contributed by atoms with E-state index in [0.717, 1.165) is 18.4 Å². The van der Waals surface area contributed by atoms with E-state index in [9.17, 15) is 9.18 Å². The number of rotatable bonds is 1. The van der Waals surface area contributed by atoms with Crippen molar-refractivity contribution in [2.45, 2.75) is 25.7 Å². The lowest BCUT2D eigenvalue weighted by atomic mass is 9.92. The maximum atomic E-state index is 12.7. The Bertz CT molecular complexity index is 378. The summed E-state index contributed by atoms with van der Waals surface area (Å²) >= 11 is 0. The molecular weight excluding hydrogens is 191 g/mol. The minimum Gasteiger partial charge on any atom is -0.300 e. The predicted octanol–water partition coefficient (Wildman–Crippen LogP) is 3.35. The molecule has 2 heteroatoms. The molecule has 0 amide bonds. The van der Waals surface area contributed by atoms with Gasteiger partial charge in [-0.15, -0.1) is 0 Å². The van der Waals surface area contributed by atoms with Crippen molar-refractivity contribution >= 4 is 11.9 Å². The smallest absolute Gasteiger partial charge is 0.133 e. The number of halogens is 1. The summed E-state index contributed by atoms with van der Waals surface area (Å²) in [7, 11) is 0. The zero-order valence-corrected chi connectivity index (χ0v) is 8.50. The largest absolute Gasteiger partial charge is 0.300 e. The highest BCUT2D eigenvalue weighted by Crippen LogP contribution is 2.22. The topological polar surface area (TPSA) is 17.1 Å². The van der Waals surface area contributed by atoms with Crippen molar-refractivity contribution in [3.05, 3.63) is 41.2 Å². The molecule has 0 N–H and O–H groups in total. The van der Waals surface area contributed by atoms with Crippen LogP contribution in [-0.4, -0.2) is 5.78 Å². The molecule has 1 aliphatic rings. The summed E-state index contributed by atoms with van der Waals surface area (Å²) in [6.07, 6.45) is 5.10. The molecule has 1 saturated carbocycles. The SMILES string of the molecule is O=C1CCC(=Cc2ccc(F)cc2)CC1. The summed E-state index contributed by atoms with van der Waals surface area (Å²) in [6.45, 7) is 0. The second-order valence-corrected chi connectivity index (χ2v) is 3.89. The first-order chi connectivity index (χ1) is 7.24. The van der Waals surface area contributed by atoms with E-state index in [1.54, 1.807) is 12.1 Å². The number of hydrogen-bond acceptors (Lipinski definition) is 1. The quantitative estimate of drug-likeness (QED) is 0.685. The zero-order valence-electron chi connectivity index (χ0n) is 8.50. The van der Waals surface area contributed by atoms with Crippen molar-refractivity contribution in [2.75, 3.05) is 0 Å². The van der Waals surface area contributed by atoms with E-state index in [-0.39, 0.29) is 5.82 Å². The van der Waals surface area contributed by atoms with Gasteiger partial charge >= 0.3 is 0 Å². The first kappa shape index (κ1) is 10.1. The highest BCUT2D eigenvalue weighted by molar-refractivity contribution is 5.80.